The van der Waals surface area contributed by atoms with Crippen molar-refractivity contribution >= 4 is 11.6 Å². The van der Waals surface area contributed by atoms with Crippen LogP contribution in [0.1, 0.15) is 24.0 Å². The van der Waals surface area contributed by atoms with Crippen molar-refractivity contribution in [2.24, 2.45) is 0 Å². The number of amides is 1. The third-order valence-electron chi connectivity index (χ3n) is 3.51. The minimum Gasteiger partial charge on any atom is -0.325 e. The summed E-state index contributed by atoms with van der Waals surface area (Å²) >= 11 is 0. The first-order chi connectivity index (χ1) is 11.3. The normalized spacial score (nSPS) is 10.0. The first kappa shape index (κ1) is 16.7. The molecule has 0 spiro atoms. The minimum absolute atomic E-state index is 0.0803. The molecule has 0 saturated carbocycles. The van der Waals surface area contributed by atoms with Gasteiger partial charge in [0.15, 0.2) is 0 Å². The highest BCUT2D eigenvalue weighted by molar-refractivity contribution is 5.92. The largest absolute Gasteiger partial charge is 0.325 e. The van der Waals surface area contributed by atoms with Gasteiger partial charge in [-0.05, 0) is 37.1 Å². The van der Waals surface area contributed by atoms with Crippen molar-refractivity contribution in [2.45, 2.75) is 19.3 Å². The number of nitriles is 1. The lowest BCUT2D eigenvalue weighted by atomic mass is 10.1. The molecule has 0 bridgehead atoms. The van der Waals surface area contributed by atoms with Gasteiger partial charge in [0.2, 0.25) is 5.91 Å². The second-order valence-electron chi connectivity index (χ2n) is 5.29. The van der Waals surface area contributed by atoms with Gasteiger partial charge in [-0.3, -0.25) is 4.79 Å². The van der Waals surface area contributed by atoms with E-state index < -0.39 is 0 Å². The Morgan fingerprint density at radius 2 is 1.74 bits per heavy atom. The molecule has 0 aliphatic heterocycles. The Morgan fingerprint density at radius 3 is 2.52 bits per heavy atom. The third kappa shape index (κ3) is 5.93. The van der Waals surface area contributed by atoms with E-state index in [4.69, 9.17) is 5.26 Å². The molecule has 0 radical (unpaired) electrons. The summed E-state index contributed by atoms with van der Waals surface area (Å²) in [6.07, 6.45) is 2.48. The summed E-state index contributed by atoms with van der Waals surface area (Å²) in [4.78, 5) is 11.9. The number of nitrogens with one attached hydrogen (secondary N) is 2. The molecule has 2 aromatic rings. The molecule has 0 unspecified atom stereocenters. The average Bonchev–Trinajstić information content (AvgIpc) is 2.59. The maximum atomic E-state index is 11.9. The van der Waals surface area contributed by atoms with E-state index in [1.54, 1.807) is 24.3 Å². The number of nitrogens with zero attached hydrogens (tertiary/aromatic N) is 1. The van der Waals surface area contributed by atoms with E-state index in [9.17, 15) is 4.79 Å². The van der Waals surface area contributed by atoms with Crippen LogP contribution in [0.4, 0.5) is 5.69 Å². The predicted octanol–water partition coefficient (Wildman–Crippen LogP) is 3.11. The van der Waals surface area contributed by atoms with E-state index >= 15 is 0 Å². The summed E-state index contributed by atoms with van der Waals surface area (Å²) in [5.41, 5.74) is 2.39. The van der Waals surface area contributed by atoms with E-state index in [1.807, 2.05) is 18.2 Å². The summed E-state index contributed by atoms with van der Waals surface area (Å²) < 4.78 is 0. The molecule has 23 heavy (non-hydrogen) atoms. The molecule has 4 heteroatoms. The van der Waals surface area contributed by atoms with Gasteiger partial charge in [-0.1, -0.05) is 42.5 Å². The van der Waals surface area contributed by atoms with Crippen LogP contribution in [0.15, 0.2) is 54.6 Å². The van der Waals surface area contributed by atoms with Gasteiger partial charge in [0, 0.05) is 13.0 Å². The fourth-order valence-corrected chi connectivity index (χ4v) is 2.29. The molecule has 118 valence electrons. The fourth-order valence-electron chi connectivity index (χ4n) is 2.29. The average molecular weight is 307 g/mol. The lowest BCUT2D eigenvalue weighted by Crippen LogP contribution is -2.23. The van der Waals surface area contributed by atoms with Crippen molar-refractivity contribution in [1.82, 2.24) is 5.32 Å². The zero-order valence-corrected chi connectivity index (χ0v) is 13.1. The lowest BCUT2D eigenvalue weighted by Gasteiger charge is -2.08. The zero-order chi connectivity index (χ0) is 16.3. The Hall–Kier alpha value is -2.64. The number of hydrogen-bond donors (Lipinski definition) is 2. The highest BCUT2D eigenvalue weighted by Gasteiger charge is 2.05. The quantitative estimate of drug-likeness (QED) is 0.737. The number of hydrogen-bond acceptors (Lipinski definition) is 3. The van der Waals surface area contributed by atoms with Gasteiger partial charge in [-0.15, -0.1) is 0 Å². The highest BCUT2D eigenvalue weighted by Crippen LogP contribution is 2.13. The van der Waals surface area contributed by atoms with Gasteiger partial charge in [-0.25, -0.2) is 0 Å². The smallest absolute Gasteiger partial charge is 0.225 e. The summed E-state index contributed by atoms with van der Waals surface area (Å²) in [7, 11) is 0. The van der Waals surface area contributed by atoms with Gasteiger partial charge in [0.25, 0.3) is 0 Å². The van der Waals surface area contributed by atoms with Gasteiger partial charge < -0.3 is 10.6 Å². The minimum atomic E-state index is -0.0803. The van der Waals surface area contributed by atoms with Gasteiger partial charge in [0.05, 0.1) is 11.3 Å². The van der Waals surface area contributed by atoms with Crippen molar-refractivity contribution in [3.05, 3.63) is 65.7 Å². The van der Waals surface area contributed by atoms with Crippen LogP contribution in [0, 0.1) is 11.3 Å². The van der Waals surface area contributed by atoms with Crippen LogP contribution in [-0.4, -0.2) is 19.0 Å². The van der Waals surface area contributed by atoms with Gasteiger partial charge in [-0.2, -0.15) is 5.26 Å². The standard InChI is InChI=1S/C19H21N3O/c20-15-17-10-4-5-11-18(17)22-19(23)12-14-21-13-6-9-16-7-2-1-3-8-16/h1-5,7-8,10-11,21H,6,9,12-14H2,(H,22,23). The van der Waals surface area contributed by atoms with Crippen LogP contribution in [-0.2, 0) is 11.2 Å². The first-order valence-electron chi connectivity index (χ1n) is 7.83. The predicted molar refractivity (Wildman–Crippen MR) is 92.0 cm³/mol. The van der Waals surface area contributed by atoms with E-state index in [-0.39, 0.29) is 5.91 Å². The maximum Gasteiger partial charge on any atom is 0.225 e. The van der Waals surface area contributed by atoms with Crippen molar-refractivity contribution in [2.75, 3.05) is 18.4 Å². The number of benzene rings is 2. The molecule has 0 atom stereocenters. The summed E-state index contributed by atoms with van der Waals surface area (Å²) in [6.45, 7) is 1.52. The number of carbonyl (C=O) groups excluding carboxylic acids is 1. The summed E-state index contributed by atoms with van der Waals surface area (Å²) in [5, 5.41) is 15.0. The molecule has 0 heterocycles. The number of para-hydroxylation sites is 1. The zero-order valence-electron chi connectivity index (χ0n) is 13.1. The van der Waals surface area contributed by atoms with Crippen molar-refractivity contribution in [1.29, 1.82) is 5.26 Å². The van der Waals surface area contributed by atoms with Crippen molar-refractivity contribution < 1.29 is 4.79 Å². The third-order valence-corrected chi connectivity index (χ3v) is 3.51. The molecule has 0 aromatic heterocycles. The summed E-state index contributed by atoms with van der Waals surface area (Å²) in [6, 6.07) is 19.5. The maximum absolute atomic E-state index is 11.9. The molecule has 0 aliphatic carbocycles. The van der Waals surface area contributed by atoms with Crippen molar-refractivity contribution in [3.8, 4) is 6.07 Å². The Morgan fingerprint density at radius 1 is 1.00 bits per heavy atom. The fraction of sp³-hybridized carbons (Fsp3) is 0.263. The molecule has 4 nitrogen and oxygen atoms in total. The van der Waals surface area contributed by atoms with Crippen LogP contribution in [0.25, 0.3) is 0 Å². The Labute approximate surface area is 137 Å². The summed E-state index contributed by atoms with van der Waals surface area (Å²) in [5.74, 6) is -0.0803. The van der Waals surface area contributed by atoms with Crippen LogP contribution in [0.5, 0.6) is 0 Å². The van der Waals surface area contributed by atoms with Crippen molar-refractivity contribution in [3.63, 3.8) is 0 Å². The first-order valence-corrected chi connectivity index (χ1v) is 7.83. The van der Waals surface area contributed by atoms with E-state index in [2.05, 4.69) is 28.8 Å². The van der Waals surface area contributed by atoms with Gasteiger partial charge >= 0.3 is 0 Å². The number of rotatable bonds is 8. The molecular formula is C19H21N3O. The number of anilines is 1. The highest BCUT2D eigenvalue weighted by atomic mass is 16.1. The van der Waals surface area contributed by atoms with E-state index in [1.165, 1.54) is 5.56 Å². The molecule has 2 aromatic carbocycles. The van der Waals surface area contributed by atoms with Gasteiger partial charge in [0.1, 0.15) is 6.07 Å². The Kier molecular flexibility index (Phi) is 6.83. The molecule has 0 aliphatic rings. The number of aryl methyl sites for hydroxylation is 1. The molecule has 2 N–H and O–H groups in total. The van der Waals surface area contributed by atoms with Crippen LogP contribution in [0.3, 0.4) is 0 Å². The molecule has 2 rings (SSSR count). The van der Waals surface area contributed by atoms with Crippen LogP contribution >= 0.6 is 0 Å². The topological polar surface area (TPSA) is 64.9 Å². The number of carbonyl (C=O) groups is 1. The molecular weight excluding hydrogens is 286 g/mol. The van der Waals surface area contributed by atoms with Crippen LogP contribution in [0.2, 0.25) is 0 Å². The Bertz CT molecular complexity index is 662. The Balaban J connectivity index is 1.61. The molecule has 1 amide bonds. The SMILES string of the molecule is N#Cc1ccccc1NC(=O)CCNCCCc1ccccc1. The van der Waals surface area contributed by atoms with E-state index in [0.717, 1.165) is 19.4 Å². The monoisotopic (exact) mass is 307 g/mol. The van der Waals surface area contributed by atoms with Crippen LogP contribution < -0.4 is 10.6 Å². The molecule has 0 fully saturated rings. The lowest BCUT2D eigenvalue weighted by molar-refractivity contribution is -0.116. The second-order valence-corrected chi connectivity index (χ2v) is 5.29. The molecule has 0 saturated heterocycles. The second kappa shape index (κ2) is 9.39. The van der Waals surface area contributed by atoms with E-state index in [0.29, 0.717) is 24.2 Å².